The number of nitrogens with one attached hydrogen (secondary N) is 2. The molecule has 5 nitrogen and oxygen atoms in total. The van der Waals surface area contributed by atoms with Crippen LogP contribution in [-0.2, 0) is 4.79 Å². The highest BCUT2D eigenvalue weighted by atomic mass is 35.5. The number of aromatic carboxylic acids is 1. The lowest BCUT2D eigenvalue weighted by Crippen LogP contribution is -2.09. The molecule has 0 saturated carbocycles. The SMILES string of the molecule is O=C(CC=Cc1c(C(=O)O)[nH]c2cc(Cl)cc(Cl)c12)Nc1ccccc1. The maximum atomic E-state index is 12.0. The first-order valence-electron chi connectivity index (χ1n) is 7.71. The molecule has 26 heavy (non-hydrogen) atoms. The Morgan fingerprint density at radius 3 is 2.58 bits per heavy atom. The largest absolute Gasteiger partial charge is 0.477 e. The number of carbonyl (C=O) groups is 2. The van der Waals surface area contributed by atoms with Gasteiger partial charge in [-0.1, -0.05) is 53.6 Å². The summed E-state index contributed by atoms with van der Waals surface area (Å²) in [6.07, 6.45) is 3.26. The Hall–Kier alpha value is -2.76. The molecule has 132 valence electrons. The molecule has 0 bridgehead atoms. The zero-order valence-corrected chi connectivity index (χ0v) is 14.9. The molecule has 0 aliphatic heterocycles. The van der Waals surface area contributed by atoms with Crippen LogP contribution in [-0.4, -0.2) is 22.0 Å². The zero-order valence-electron chi connectivity index (χ0n) is 13.4. The summed E-state index contributed by atoms with van der Waals surface area (Å²) in [5.74, 6) is -1.33. The Kier molecular flexibility index (Phi) is 5.30. The van der Waals surface area contributed by atoms with Crippen molar-refractivity contribution >= 4 is 57.7 Å². The maximum Gasteiger partial charge on any atom is 0.352 e. The van der Waals surface area contributed by atoms with E-state index in [1.807, 2.05) is 18.2 Å². The van der Waals surface area contributed by atoms with Gasteiger partial charge < -0.3 is 15.4 Å². The molecule has 0 aliphatic carbocycles. The summed E-state index contributed by atoms with van der Waals surface area (Å²) in [6, 6.07) is 12.2. The van der Waals surface area contributed by atoms with Gasteiger partial charge in [-0.2, -0.15) is 0 Å². The number of rotatable bonds is 5. The fourth-order valence-corrected chi connectivity index (χ4v) is 3.22. The second kappa shape index (κ2) is 7.64. The van der Waals surface area contributed by atoms with Gasteiger partial charge in [0.25, 0.3) is 0 Å². The third-order valence-electron chi connectivity index (χ3n) is 3.71. The summed E-state index contributed by atoms with van der Waals surface area (Å²) >= 11 is 12.2. The van der Waals surface area contributed by atoms with Crippen molar-refractivity contribution in [2.45, 2.75) is 6.42 Å². The normalized spacial score (nSPS) is 11.2. The molecule has 1 heterocycles. The van der Waals surface area contributed by atoms with Gasteiger partial charge in [-0.25, -0.2) is 4.79 Å². The second-order valence-electron chi connectivity index (χ2n) is 5.55. The molecule has 7 heteroatoms. The fourth-order valence-electron chi connectivity index (χ4n) is 2.63. The average molecular weight is 389 g/mol. The number of fused-ring (bicyclic) bond motifs is 1. The van der Waals surface area contributed by atoms with Gasteiger partial charge in [-0.3, -0.25) is 4.79 Å². The number of H-pyrrole nitrogens is 1. The lowest BCUT2D eigenvalue weighted by atomic mass is 10.1. The highest BCUT2D eigenvalue weighted by Gasteiger charge is 2.18. The van der Waals surface area contributed by atoms with E-state index in [9.17, 15) is 14.7 Å². The van der Waals surface area contributed by atoms with E-state index in [0.717, 1.165) is 0 Å². The Morgan fingerprint density at radius 2 is 1.88 bits per heavy atom. The quantitative estimate of drug-likeness (QED) is 0.560. The molecule has 1 aromatic heterocycles. The number of anilines is 1. The molecule has 0 atom stereocenters. The Balaban J connectivity index is 1.85. The Labute approximate surface area is 159 Å². The summed E-state index contributed by atoms with van der Waals surface area (Å²) in [7, 11) is 0. The monoisotopic (exact) mass is 388 g/mol. The molecule has 0 unspecified atom stereocenters. The fraction of sp³-hybridized carbons (Fsp3) is 0.0526. The molecule has 0 aliphatic rings. The van der Waals surface area contributed by atoms with Gasteiger partial charge in [0, 0.05) is 33.6 Å². The number of amides is 1. The molecule has 0 saturated heterocycles. The van der Waals surface area contributed by atoms with Gasteiger partial charge in [-0.15, -0.1) is 0 Å². The second-order valence-corrected chi connectivity index (χ2v) is 6.39. The van der Waals surface area contributed by atoms with E-state index in [1.54, 1.807) is 36.4 Å². The van der Waals surface area contributed by atoms with Gasteiger partial charge in [0.15, 0.2) is 0 Å². The predicted molar refractivity (Wildman–Crippen MR) is 104 cm³/mol. The molecule has 2 aromatic carbocycles. The van der Waals surface area contributed by atoms with E-state index in [-0.39, 0.29) is 18.0 Å². The van der Waals surface area contributed by atoms with Crippen LogP contribution >= 0.6 is 23.2 Å². The average Bonchev–Trinajstić information content (AvgIpc) is 2.94. The van der Waals surface area contributed by atoms with Crippen LogP contribution < -0.4 is 5.32 Å². The minimum atomic E-state index is -1.12. The third kappa shape index (κ3) is 3.90. The van der Waals surface area contributed by atoms with Gasteiger partial charge in [-0.05, 0) is 24.3 Å². The van der Waals surface area contributed by atoms with Crippen LogP contribution in [0.15, 0.2) is 48.5 Å². The van der Waals surface area contributed by atoms with Crippen LogP contribution in [0.2, 0.25) is 10.0 Å². The van der Waals surface area contributed by atoms with Crippen molar-refractivity contribution in [1.82, 2.24) is 4.98 Å². The van der Waals surface area contributed by atoms with Gasteiger partial charge in [0.2, 0.25) is 5.91 Å². The van der Waals surface area contributed by atoms with E-state index < -0.39 is 5.97 Å². The predicted octanol–water partition coefficient (Wildman–Crippen LogP) is 5.21. The summed E-state index contributed by atoms with van der Waals surface area (Å²) in [4.78, 5) is 26.3. The Morgan fingerprint density at radius 1 is 1.15 bits per heavy atom. The van der Waals surface area contributed by atoms with Gasteiger partial charge in [0.1, 0.15) is 5.69 Å². The first-order valence-corrected chi connectivity index (χ1v) is 8.46. The molecular formula is C19H14Cl2N2O3. The van der Waals surface area contributed by atoms with E-state index in [0.29, 0.717) is 32.2 Å². The number of hydrogen-bond acceptors (Lipinski definition) is 2. The molecule has 0 spiro atoms. The molecular weight excluding hydrogens is 375 g/mol. The Bertz CT molecular complexity index is 1010. The van der Waals surface area contributed by atoms with Crippen LogP contribution in [0.4, 0.5) is 5.69 Å². The first-order chi connectivity index (χ1) is 12.5. The lowest BCUT2D eigenvalue weighted by molar-refractivity contribution is -0.115. The molecule has 3 N–H and O–H groups in total. The van der Waals surface area contributed by atoms with Gasteiger partial charge in [0.05, 0.1) is 5.02 Å². The summed E-state index contributed by atoms with van der Waals surface area (Å²) in [6.45, 7) is 0. The number of hydrogen-bond donors (Lipinski definition) is 3. The van der Waals surface area contributed by atoms with Crippen molar-refractivity contribution in [3.63, 3.8) is 0 Å². The number of carboxylic acid groups (broad SMARTS) is 1. The number of benzene rings is 2. The highest BCUT2D eigenvalue weighted by molar-refractivity contribution is 6.39. The number of para-hydroxylation sites is 1. The minimum Gasteiger partial charge on any atom is -0.477 e. The van der Waals surface area contributed by atoms with Crippen molar-refractivity contribution in [3.8, 4) is 0 Å². The van der Waals surface area contributed by atoms with Crippen molar-refractivity contribution in [2.75, 3.05) is 5.32 Å². The molecule has 0 fully saturated rings. The van der Waals surface area contributed by atoms with E-state index in [4.69, 9.17) is 23.2 Å². The van der Waals surface area contributed by atoms with Crippen LogP contribution in [0, 0.1) is 0 Å². The number of aromatic amines is 1. The van der Waals surface area contributed by atoms with Crippen LogP contribution in [0.1, 0.15) is 22.5 Å². The maximum absolute atomic E-state index is 12.0. The number of aromatic nitrogens is 1. The summed E-state index contributed by atoms with van der Waals surface area (Å²) < 4.78 is 0. The van der Waals surface area contributed by atoms with Crippen molar-refractivity contribution in [3.05, 3.63) is 69.8 Å². The van der Waals surface area contributed by atoms with Crippen LogP contribution in [0.5, 0.6) is 0 Å². The molecule has 3 rings (SSSR count). The standard InChI is InChI=1S/C19H14Cl2N2O3/c20-11-9-14(21)17-13(18(19(25)26)23-15(17)10-11)7-4-8-16(24)22-12-5-2-1-3-6-12/h1-7,9-10,23H,8H2,(H,22,24)(H,25,26). The topological polar surface area (TPSA) is 82.2 Å². The number of halogens is 2. The minimum absolute atomic E-state index is 0.0103. The van der Waals surface area contributed by atoms with Crippen molar-refractivity contribution in [2.24, 2.45) is 0 Å². The van der Waals surface area contributed by atoms with Gasteiger partial charge >= 0.3 is 5.97 Å². The zero-order chi connectivity index (χ0) is 18.7. The van der Waals surface area contributed by atoms with Crippen LogP contribution in [0.3, 0.4) is 0 Å². The van der Waals surface area contributed by atoms with E-state index in [2.05, 4.69) is 10.3 Å². The van der Waals surface area contributed by atoms with E-state index in [1.165, 1.54) is 0 Å². The van der Waals surface area contributed by atoms with Crippen LogP contribution in [0.25, 0.3) is 17.0 Å². The van der Waals surface area contributed by atoms with Crippen molar-refractivity contribution in [1.29, 1.82) is 0 Å². The molecule has 1 amide bonds. The number of carbonyl (C=O) groups excluding carboxylic acids is 1. The molecule has 0 radical (unpaired) electrons. The summed E-state index contributed by atoms with van der Waals surface area (Å²) in [5, 5.41) is 13.5. The molecule has 3 aromatic rings. The van der Waals surface area contributed by atoms with E-state index >= 15 is 0 Å². The first kappa shape index (κ1) is 18.0. The lowest BCUT2D eigenvalue weighted by Gasteiger charge is -2.02. The van der Waals surface area contributed by atoms with Crippen molar-refractivity contribution < 1.29 is 14.7 Å². The summed E-state index contributed by atoms with van der Waals surface area (Å²) in [5.41, 5.74) is 1.61. The highest BCUT2D eigenvalue weighted by Crippen LogP contribution is 2.33. The smallest absolute Gasteiger partial charge is 0.352 e. The number of carboxylic acids is 1. The third-order valence-corrected chi connectivity index (χ3v) is 4.23.